The van der Waals surface area contributed by atoms with Gasteiger partial charge in [0.15, 0.2) is 0 Å². The number of aromatic nitrogens is 1. The predicted octanol–water partition coefficient (Wildman–Crippen LogP) is 2.74. The van der Waals surface area contributed by atoms with E-state index in [1.54, 1.807) is 13.0 Å². The van der Waals surface area contributed by atoms with Crippen molar-refractivity contribution in [1.82, 2.24) is 4.98 Å². The number of aliphatic carboxylic acids is 1. The third kappa shape index (κ3) is 3.48. The lowest BCUT2D eigenvalue weighted by Gasteiger charge is -2.28. The molecule has 1 aromatic rings. The smallest absolute Gasteiger partial charge is 0.326 e. The van der Waals surface area contributed by atoms with E-state index in [0.717, 1.165) is 32.1 Å². The van der Waals surface area contributed by atoms with Gasteiger partial charge in [0.25, 0.3) is 0 Å². The van der Waals surface area contributed by atoms with Crippen LogP contribution in [0.3, 0.4) is 0 Å². The summed E-state index contributed by atoms with van der Waals surface area (Å²) < 4.78 is 0. The van der Waals surface area contributed by atoms with E-state index in [2.05, 4.69) is 10.3 Å². The Hall–Kier alpha value is -2.18. The molecule has 1 heterocycles. The van der Waals surface area contributed by atoms with Gasteiger partial charge in [-0.25, -0.2) is 9.78 Å². The van der Waals surface area contributed by atoms with Crippen LogP contribution in [0.4, 0.5) is 11.5 Å². The van der Waals surface area contributed by atoms with Crippen LogP contribution in [0.15, 0.2) is 12.3 Å². The fourth-order valence-corrected chi connectivity index (χ4v) is 2.88. The van der Waals surface area contributed by atoms with Gasteiger partial charge in [0.2, 0.25) is 5.82 Å². The zero-order chi connectivity index (χ0) is 15.4. The Balaban J connectivity index is 2.27. The number of pyridine rings is 1. The lowest BCUT2D eigenvalue weighted by molar-refractivity contribution is -0.384. The van der Waals surface area contributed by atoms with Crippen LogP contribution in [-0.2, 0) is 4.79 Å². The number of hydrogen-bond donors (Lipinski definition) is 2. The molecule has 1 aliphatic rings. The molecule has 0 radical (unpaired) electrons. The summed E-state index contributed by atoms with van der Waals surface area (Å²) in [7, 11) is 0. The number of carboxylic acids is 1. The Labute approximate surface area is 122 Å². The molecule has 0 aromatic carbocycles. The summed E-state index contributed by atoms with van der Waals surface area (Å²) in [4.78, 5) is 26.1. The van der Waals surface area contributed by atoms with Crippen molar-refractivity contribution < 1.29 is 14.8 Å². The molecule has 2 rings (SSSR count). The first-order chi connectivity index (χ1) is 10.0. The zero-order valence-electron chi connectivity index (χ0n) is 11.9. The number of nitro groups is 1. The minimum atomic E-state index is -0.987. The van der Waals surface area contributed by atoms with Gasteiger partial charge in [-0.15, -0.1) is 0 Å². The molecule has 7 heteroatoms. The highest BCUT2D eigenvalue weighted by Gasteiger charge is 2.32. The number of nitrogens with one attached hydrogen (secondary N) is 1. The maximum absolute atomic E-state index is 11.5. The maximum atomic E-state index is 11.5. The Kier molecular flexibility index (Phi) is 4.72. The Morgan fingerprint density at radius 3 is 2.71 bits per heavy atom. The summed E-state index contributed by atoms with van der Waals surface area (Å²) in [6.45, 7) is 1.61. The van der Waals surface area contributed by atoms with Crippen molar-refractivity contribution in [3.63, 3.8) is 0 Å². The van der Waals surface area contributed by atoms with Crippen LogP contribution >= 0.6 is 0 Å². The van der Waals surface area contributed by atoms with Gasteiger partial charge in [0.05, 0.1) is 4.92 Å². The molecule has 114 valence electrons. The number of aryl methyl sites for hydroxylation is 1. The van der Waals surface area contributed by atoms with Crippen molar-refractivity contribution in [1.29, 1.82) is 0 Å². The van der Waals surface area contributed by atoms with Crippen LogP contribution in [0.25, 0.3) is 0 Å². The van der Waals surface area contributed by atoms with Gasteiger partial charge in [-0.1, -0.05) is 19.3 Å². The van der Waals surface area contributed by atoms with Crippen LogP contribution in [-0.4, -0.2) is 27.0 Å². The first kappa shape index (κ1) is 15.2. The average Bonchev–Trinajstić information content (AvgIpc) is 2.45. The van der Waals surface area contributed by atoms with Crippen LogP contribution in [0.5, 0.6) is 0 Å². The van der Waals surface area contributed by atoms with Crippen molar-refractivity contribution in [3.05, 3.63) is 27.9 Å². The van der Waals surface area contributed by atoms with Crippen molar-refractivity contribution in [2.45, 2.75) is 45.1 Å². The van der Waals surface area contributed by atoms with Crippen molar-refractivity contribution in [2.75, 3.05) is 5.32 Å². The summed E-state index contributed by atoms with van der Waals surface area (Å²) in [5, 5.41) is 23.4. The van der Waals surface area contributed by atoms with E-state index in [9.17, 15) is 20.0 Å². The molecule has 0 saturated heterocycles. The fourth-order valence-electron chi connectivity index (χ4n) is 2.88. The van der Waals surface area contributed by atoms with Gasteiger partial charge in [0.1, 0.15) is 6.04 Å². The average molecular weight is 293 g/mol. The van der Waals surface area contributed by atoms with E-state index >= 15 is 0 Å². The number of nitrogens with zero attached hydrogens (tertiary/aromatic N) is 2. The third-order valence-corrected chi connectivity index (χ3v) is 3.99. The van der Waals surface area contributed by atoms with E-state index in [1.165, 1.54) is 6.20 Å². The number of carboxylic acid groups (broad SMARTS) is 1. The van der Waals surface area contributed by atoms with Crippen molar-refractivity contribution in [3.8, 4) is 0 Å². The Bertz CT molecular complexity index is 541. The molecule has 1 saturated carbocycles. The minimum Gasteiger partial charge on any atom is -0.480 e. The van der Waals surface area contributed by atoms with E-state index in [4.69, 9.17) is 0 Å². The van der Waals surface area contributed by atoms with Gasteiger partial charge in [-0.2, -0.15) is 0 Å². The molecule has 1 unspecified atom stereocenters. The second kappa shape index (κ2) is 6.51. The highest BCUT2D eigenvalue weighted by Crippen LogP contribution is 2.31. The highest BCUT2D eigenvalue weighted by atomic mass is 16.6. The van der Waals surface area contributed by atoms with Crippen LogP contribution in [0.2, 0.25) is 0 Å². The summed E-state index contributed by atoms with van der Waals surface area (Å²) in [5.74, 6) is -0.962. The lowest BCUT2D eigenvalue weighted by atomic mass is 9.84. The summed E-state index contributed by atoms with van der Waals surface area (Å²) in [6, 6.07) is 0.706. The molecule has 1 aliphatic carbocycles. The second-order valence-corrected chi connectivity index (χ2v) is 5.44. The van der Waals surface area contributed by atoms with E-state index < -0.39 is 16.9 Å². The van der Waals surface area contributed by atoms with Gasteiger partial charge < -0.3 is 10.4 Å². The van der Waals surface area contributed by atoms with Gasteiger partial charge in [-0.3, -0.25) is 10.1 Å². The molecular formula is C14H19N3O4. The standard InChI is InChI=1S/C14H19N3O4/c1-9-7-8-15-13(12(9)17(20)21)16-11(14(18)19)10-5-3-2-4-6-10/h7-8,10-11H,2-6H2,1H3,(H,15,16)(H,18,19). The van der Waals surface area contributed by atoms with Gasteiger partial charge in [-0.05, 0) is 31.7 Å². The van der Waals surface area contributed by atoms with E-state index in [1.807, 2.05) is 0 Å². The molecule has 21 heavy (non-hydrogen) atoms. The molecule has 0 aliphatic heterocycles. The highest BCUT2D eigenvalue weighted by molar-refractivity contribution is 5.78. The number of anilines is 1. The Morgan fingerprint density at radius 2 is 2.14 bits per heavy atom. The Morgan fingerprint density at radius 1 is 1.48 bits per heavy atom. The number of rotatable bonds is 5. The second-order valence-electron chi connectivity index (χ2n) is 5.44. The van der Waals surface area contributed by atoms with Crippen molar-refractivity contribution in [2.24, 2.45) is 5.92 Å². The molecule has 0 amide bonds. The lowest BCUT2D eigenvalue weighted by Crippen LogP contribution is -2.38. The molecule has 1 atom stereocenters. The summed E-state index contributed by atoms with van der Waals surface area (Å²) in [5.41, 5.74) is 0.310. The topological polar surface area (TPSA) is 105 Å². The van der Waals surface area contributed by atoms with Gasteiger partial charge >= 0.3 is 11.7 Å². The molecule has 7 nitrogen and oxygen atoms in total. The molecule has 0 bridgehead atoms. The fraction of sp³-hybridized carbons (Fsp3) is 0.571. The minimum absolute atomic E-state index is 0.0156. The molecule has 1 aromatic heterocycles. The molecular weight excluding hydrogens is 274 g/mol. The zero-order valence-corrected chi connectivity index (χ0v) is 11.9. The number of hydrogen-bond acceptors (Lipinski definition) is 5. The van der Waals surface area contributed by atoms with E-state index in [-0.39, 0.29) is 17.4 Å². The van der Waals surface area contributed by atoms with Crippen molar-refractivity contribution >= 4 is 17.5 Å². The SMILES string of the molecule is Cc1ccnc(NC(C(=O)O)C2CCCCC2)c1[N+](=O)[O-]. The monoisotopic (exact) mass is 293 g/mol. The van der Waals surface area contributed by atoms with E-state index in [0.29, 0.717) is 5.56 Å². The number of carbonyl (C=O) groups is 1. The van der Waals surface area contributed by atoms with Gasteiger partial charge in [0, 0.05) is 11.8 Å². The van der Waals surface area contributed by atoms with Crippen LogP contribution in [0.1, 0.15) is 37.7 Å². The summed E-state index contributed by atoms with van der Waals surface area (Å²) in [6.07, 6.45) is 6.21. The van der Waals surface area contributed by atoms with Crippen LogP contribution < -0.4 is 5.32 Å². The molecule has 2 N–H and O–H groups in total. The first-order valence-corrected chi connectivity index (χ1v) is 7.10. The largest absolute Gasteiger partial charge is 0.480 e. The third-order valence-electron chi connectivity index (χ3n) is 3.99. The molecule has 1 fully saturated rings. The summed E-state index contributed by atoms with van der Waals surface area (Å²) >= 11 is 0. The quantitative estimate of drug-likeness (QED) is 0.638. The normalized spacial score (nSPS) is 17.2. The van der Waals surface area contributed by atoms with Crippen LogP contribution in [0, 0.1) is 23.0 Å². The maximum Gasteiger partial charge on any atom is 0.326 e. The predicted molar refractivity (Wildman–Crippen MR) is 77.2 cm³/mol. The first-order valence-electron chi connectivity index (χ1n) is 7.10. The molecule has 0 spiro atoms.